The lowest BCUT2D eigenvalue weighted by Crippen LogP contribution is -2.30. The van der Waals surface area contributed by atoms with Gasteiger partial charge in [-0.3, -0.25) is 9.78 Å². The van der Waals surface area contributed by atoms with Gasteiger partial charge in [0.1, 0.15) is 0 Å². The second-order valence-corrected chi connectivity index (χ2v) is 5.14. The number of amides is 1. The summed E-state index contributed by atoms with van der Waals surface area (Å²) >= 11 is 3.42. The SMILES string of the molecule is CCCNC(=O)CNc1ccnc2cc(Br)ccc12. The van der Waals surface area contributed by atoms with Crippen molar-refractivity contribution >= 4 is 38.4 Å². The quantitative estimate of drug-likeness (QED) is 0.890. The second kappa shape index (κ2) is 6.52. The van der Waals surface area contributed by atoms with E-state index < -0.39 is 0 Å². The van der Waals surface area contributed by atoms with Crippen LogP contribution in [0, 0.1) is 0 Å². The molecule has 0 fully saturated rings. The Morgan fingerprint density at radius 3 is 3.00 bits per heavy atom. The van der Waals surface area contributed by atoms with Crippen molar-refractivity contribution in [2.24, 2.45) is 0 Å². The maximum Gasteiger partial charge on any atom is 0.239 e. The highest BCUT2D eigenvalue weighted by atomic mass is 79.9. The number of benzene rings is 1. The van der Waals surface area contributed by atoms with Crippen LogP contribution in [0.25, 0.3) is 10.9 Å². The fraction of sp³-hybridized carbons (Fsp3) is 0.286. The number of aromatic nitrogens is 1. The number of anilines is 1. The number of nitrogens with one attached hydrogen (secondary N) is 2. The summed E-state index contributed by atoms with van der Waals surface area (Å²) < 4.78 is 0.991. The Balaban J connectivity index is 2.10. The van der Waals surface area contributed by atoms with E-state index in [1.807, 2.05) is 31.2 Å². The summed E-state index contributed by atoms with van der Waals surface area (Å²) in [7, 11) is 0. The topological polar surface area (TPSA) is 54.0 Å². The van der Waals surface area contributed by atoms with Crippen LogP contribution in [-0.4, -0.2) is 24.0 Å². The Morgan fingerprint density at radius 2 is 2.21 bits per heavy atom. The maximum absolute atomic E-state index is 11.6. The molecular weight excluding hydrogens is 306 g/mol. The van der Waals surface area contributed by atoms with E-state index in [0.29, 0.717) is 6.54 Å². The number of hydrogen-bond donors (Lipinski definition) is 2. The molecule has 0 bridgehead atoms. The summed E-state index contributed by atoms with van der Waals surface area (Å²) in [6.45, 7) is 3.02. The Bertz CT molecular complexity index is 586. The summed E-state index contributed by atoms with van der Waals surface area (Å²) in [5, 5.41) is 6.99. The zero-order valence-electron chi connectivity index (χ0n) is 10.7. The van der Waals surface area contributed by atoms with E-state index >= 15 is 0 Å². The molecular formula is C14H16BrN3O. The molecule has 0 saturated heterocycles. The van der Waals surface area contributed by atoms with E-state index in [1.54, 1.807) is 6.20 Å². The van der Waals surface area contributed by atoms with Crippen LogP contribution in [0.3, 0.4) is 0 Å². The van der Waals surface area contributed by atoms with Crippen LogP contribution >= 0.6 is 15.9 Å². The van der Waals surface area contributed by atoms with Crippen molar-refractivity contribution in [2.75, 3.05) is 18.4 Å². The minimum Gasteiger partial charge on any atom is -0.376 e. The van der Waals surface area contributed by atoms with E-state index in [-0.39, 0.29) is 12.5 Å². The first kappa shape index (κ1) is 13.8. The summed E-state index contributed by atoms with van der Waals surface area (Å²) in [5.74, 6) is 0.00363. The van der Waals surface area contributed by atoms with E-state index in [9.17, 15) is 4.79 Å². The number of carbonyl (C=O) groups is 1. The lowest BCUT2D eigenvalue weighted by Gasteiger charge is -2.09. The van der Waals surface area contributed by atoms with E-state index in [2.05, 4.69) is 31.5 Å². The van der Waals surface area contributed by atoms with Gasteiger partial charge in [0.05, 0.1) is 12.1 Å². The molecule has 5 heteroatoms. The summed E-state index contributed by atoms with van der Waals surface area (Å²) in [4.78, 5) is 15.9. The van der Waals surface area contributed by atoms with Gasteiger partial charge in [0, 0.05) is 28.3 Å². The first-order chi connectivity index (χ1) is 9.20. The van der Waals surface area contributed by atoms with E-state index in [1.165, 1.54) is 0 Å². The summed E-state index contributed by atoms with van der Waals surface area (Å²) in [6.07, 6.45) is 2.68. The van der Waals surface area contributed by atoms with Crippen LogP contribution in [0.2, 0.25) is 0 Å². The van der Waals surface area contributed by atoms with Gasteiger partial charge in [0.15, 0.2) is 0 Å². The maximum atomic E-state index is 11.6. The van der Waals surface area contributed by atoms with E-state index in [4.69, 9.17) is 0 Å². The highest BCUT2D eigenvalue weighted by Crippen LogP contribution is 2.24. The van der Waals surface area contributed by atoms with Crippen LogP contribution in [0.15, 0.2) is 34.9 Å². The molecule has 1 amide bonds. The third-order valence-corrected chi connectivity index (χ3v) is 3.21. The van der Waals surface area contributed by atoms with Crippen molar-refractivity contribution in [3.8, 4) is 0 Å². The molecule has 1 heterocycles. The van der Waals surface area contributed by atoms with Crippen LogP contribution in [0.5, 0.6) is 0 Å². The minimum absolute atomic E-state index is 0.00363. The van der Waals surface area contributed by atoms with Crippen LogP contribution in [-0.2, 0) is 4.79 Å². The summed E-state index contributed by atoms with van der Waals surface area (Å²) in [5.41, 5.74) is 1.82. The lowest BCUT2D eigenvalue weighted by atomic mass is 10.2. The number of pyridine rings is 1. The largest absolute Gasteiger partial charge is 0.376 e. The molecule has 0 aliphatic carbocycles. The molecule has 19 heavy (non-hydrogen) atoms. The molecule has 0 aliphatic rings. The predicted molar refractivity (Wildman–Crippen MR) is 81.2 cm³/mol. The zero-order chi connectivity index (χ0) is 13.7. The fourth-order valence-corrected chi connectivity index (χ4v) is 2.13. The Hall–Kier alpha value is -1.62. The zero-order valence-corrected chi connectivity index (χ0v) is 12.3. The molecule has 4 nitrogen and oxygen atoms in total. The van der Waals surface area contributed by atoms with Crippen molar-refractivity contribution in [1.82, 2.24) is 10.3 Å². The molecule has 2 aromatic rings. The van der Waals surface area contributed by atoms with Crippen molar-refractivity contribution < 1.29 is 4.79 Å². The molecule has 0 atom stereocenters. The molecule has 2 N–H and O–H groups in total. The highest BCUT2D eigenvalue weighted by molar-refractivity contribution is 9.10. The number of nitrogens with zero attached hydrogens (tertiary/aromatic N) is 1. The van der Waals surface area contributed by atoms with Gasteiger partial charge in [-0.2, -0.15) is 0 Å². The third kappa shape index (κ3) is 3.67. The average molecular weight is 322 g/mol. The molecule has 0 saturated carbocycles. The Labute approximate surface area is 120 Å². The number of fused-ring (bicyclic) bond motifs is 1. The van der Waals surface area contributed by atoms with Gasteiger partial charge in [0.25, 0.3) is 0 Å². The number of halogens is 1. The molecule has 0 unspecified atom stereocenters. The standard InChI is InChI=1S/C14H16BrN3O/c1-2-6-17-14(19)9-18-12-5-7-16-13-8-10(15)3-4-11(12)13/h3-5,7-8H,2,6,9H2,1H3,(H,16,18)(H,17,19). The Kier molecular flexibility index (Phi) is 4.74. The van der Waals surface area contributed by atoms with Crippen molar-refractivity contribution in [3.63, 3.8) is 0 Å². The van der Waals surface area contributed by atoms with Gasteiger partial charge in [-0.1, -0.05) is 22.9 Å². The lowest BCUT2D eigenvalue weighted by molar-refractivity contribution is -0.119. The molecule has 2 rings (SSSR count). The van der Waals surface area contributed by atoms with Gasteiger partial charge in [-0.15, -0.1) is 0 Å². The molecule has 0 aliphatic heterocycles. The van der Waals surface area contributed by atoms with Gasteiger partial charge in [0.2, 0.25) is 5.91 Å². The number of rotatable bonds is 5. The van der Waals surface area contributed by atoms with Crippen LogP contribution in [0.1, 0.15) is 13.3 Å². The molecule has 100 valence electrons. The van der Waals surface area contributed by atoms with E-state index in [0.717, 1.165) is 27.5 Å². The first-order valence-corrected chi connectivity index (χ1v) is 7.05. The molecule has 0 radical (unpaired) electrons. The fourth-order valence-electron chi connectivity index (χ4n) is 1.78. The highest BCUT2D eigenvalue weighted by Gasteiger charge is 2.04. The average Bonchev–Trinajstić information content (AvgIpc) is 2.42. The third-order valence-electron chi connectivity index (χ3n) is 2.72. The monoisotopic (exact) mass is 321 g/mol. The second-order valence-electron chi connectivity index (χ2n) is 4.22. The first-order valence-electron chi connectivity index (χ1n) is 6.25. The molecule has 1 aromatic heterocycles. The smallest absolute Gasteiger partial charge is 0.239 e. The molecule has 1 aromatic carbocycles. The summed E-state index contributed by atoms with van der Waals surface area (Å²) in [6, 6.07) is 7.78. The van der Waals surface area contributed by atoms with Gasteiger partial charge in [-0.25, -0.2) is 0 Å². The van der Waals surface area contributed by atoms with Crippen LogP contribution in [0.4, 0.5) is 5.69 Å². The predicted octanol–water partition coefficient (Wildman–Crippen LogP) is 2.94. The van der Waals surface area contributed by atoms with Crippen molar-refractivity contribution in [2.45, 2.75) is 13.3 Å². The van der Waals surface area contributed by atoms with Gasteiger partial charge in [-0.05, 0) is 30.7 Å². The number of carbonyl (C=O) groups excluding carboxylic acids is 1. The Morgan fingerprint density at radius 1 is 1.37 bits per heavy atom. The van der Waals surface area contributed by atoms with Crippen LogP contribution < -0.4 is 10.6 Å². The van der Waals surface area contributed by atoms with Gasteiger partial charge < -0.3 is 10.6 Å². The normalized spacial score (nSPS) is 10.4. The minimum atomic E-state index is 0.00363. The van der Waals surface area contributed by atoms with Crippen molar-refractivity contribution in [1.29, 1.82) is 0 Å². The number of hydrogen-bond acceptors (Lipinski definition) is 3. The van der Waals surface area contributed by atoms with Gasteiger partial charge >= 0.3 is 0 Å². The molecule has 0 spiro atoms. The van der Waals surface area contributed by atoms with Crippen molar-refractivity contribution in [3.05, 3.63) is 34.9 Å².